The first kappa shape index (κ1) is 10.1. The molecule has 1 rings (SSSR count). The van der Waals surface area contributed by atoms with Crippen LogP contribution in [-0.4, -0.2) is 34.8 Å². The fourth-order valence-electron chi connectivity index (χ4n) is 0.974. The molecular weight excluding hydrogens is 186 g/mol. The maximum Gasteiger partial charge on any atom is 0.253 e. The van der Waals surface area contributed by atoms with Gasteiger partial charge in [-0.2, -0.15) is 11.8 Å². The summed E-state index contributed by atoms with van der Waals surface area (Å²) < 4.78 is 0. The lowest BCUT2D eigenvalue weighted by molar-refractivity contribution is -0.136. The third-order valence-electron chi connectivity index (χ3n) is 1.60. The van der Waals surface area contributed by atoms with Crippen molar-refractivity contribution in [1.82, 2.24) is 4.90 Å². The molecule has 0 saturated carbocycles. The predicted molar refractivity (Wildman–Crippen MR) is 53.4 cm³/mol. The van der Waals surface area contributed by atoms with Gasteiger partial charge in [0.2, 0.25) is 0 Å². The highest BCUT2D eigenvalue weighted by atomic mass is 32.2. The zero-order chi connectivity index (χ0) is 9.68. The molecule has 0 spiro atoms. The highest BCUT2D eigenvalue weighted by Crippen LogP contribution is 2.06. The lowest BCUT2D eigenvalue weighted by Gasteiger charge is -2.12. The first-order valence-electron chi connectivity index (χ1n) is 3.98. The highest BCUT2D eigenvalue weighted by Gasteiger charge is 2.21. The number of nitrogens with zero attached hydrogens (tertiary/aromatic N) is 1. The summed E-state index contributed by atoms with van der Waals surface area (Å²) in [6.45, 7) is 4.07. The number of imide groups is 1. The van der Waals surface area contributed by atoms with Crippen molar-refractivity contribution in [3.8, 4) is 0 Å². The molecule has 0 aromatic rings. The Morgan fingerprint density at radius 1 is 1.38 bits per heavy atom. The van der Waals surface area contributed by atoms with E-state index >= 15 is 0 Å². The van der Waals surface area contributed by atoms with Crippen LogP contribution < -0.4 is 0 Å². The van der Waals surface area contributed by atoms with Gasteiger partial charge in [0.05, 0.1) is 0 Å². The van der Waals surface area contributed by atoms with Crippen LogP contribution in [-0.2, 0) is 9.59 Å². The molecule has 1 aliphatic heterocycles. The number of amides is 2. The summed E-state index contributed by atoms with van der Waals surface area (Å²) in [6.07, 6.45) is 4.41. The quantitative estimate of drug-likeness (QED) is 0.372. The Morgan fingerprint density at radius 2 is 2.00 bits per heavy atom. The first-order chi connectivity index (χ1) is 6.25. The Hall–Kier alpha value is -1.03. The normalized spacial score (nSPS) is 15.5. The number of carbonyl (C=O) groups excluding carboxylic acids is 2. The van der Waals surface area contributed by atoms with Crippen molar-refractivity contribution in [3.05, 3.63) is 24.8 Å². The van der Waals surface area contributed by atoms with E-state index in [0.717, 1.165) is 11.5 Å². The molecule has 3 nitrogen and oxygen atoms in total. The minimum atomic E-state index is -0.204. The predicted octanol–water partition coefficient (Wildman–Crippen LogP) is 0.831. The van der Waals surface area contributed by atoms with Gasteiger partial charge >= 0.3 is 0 Å². The van der Waals surface area contributed by atoms with Gasteiger partial charge in [0.1, 0.15) is 0 Å². The zero-order valence-electron chi connectivity index (χ0n) is 7.23. The summed E-state index contributed by atoms with van der Waals surface area (Å²) in [7, 11) is 0. The van der Waals surface area contributed by atoms with E-state index in [1.165, 1.54) is 17.1 Å². The number of hydrogen-bond acceptors (Lipinski definition) is 3. The van der Waals surface area contributed by atoms with Crippen LogP contribution in [0.15, 0.2) is 24.8 Å². The van der Waals surface area contributed by atoms with Crippen LogP contribution in [0.25, 0.3) is 0 Å². The summed E-state index contributed by atoms with van der Waals surface area (Å²) in [6, 6.07) is 0. The maximum atomic E-state index is 11.0. The fourth-order valence-corrected chi connectivity index (χ4v) is 1.62. The number of carbonyl (C=O) groups is 2. The number of thioether (sulfide) groups is 1. The second kappa shape index (κ2) is 4.87. The van der Waals surface area contributed by atoms with Gasteiger partial charge in [-0.3, -0.25) is 14.5 Å². The van der Waals surface area contributed by atoms with Gasteiger partial charge in [-0.25, -0.2) is 0 Å². The zero-order valence-corrected chi connectivity index (χ0v) is 8.05. The smallest absolute Gasteiger partial charge is 0.253 e. The summed E-state index contributed by atoms with van der Waals surface area (Å²) in [4.78, 5) is 23.3. The molecule has 0 saturated heterocycles. The summed E-state index contributed by atoms with van der Waals surface area (Å²) >= 11 is 1.65. The third-order valence-corrected chi connectivity index (χ3v) is 2.54. The van der Waals surface area contributed by atoms with Gasteiger partial charge < -0.3 is 0 Å². The van der Waals surface area contributed by atoms with Crippen LogP contribution in [0.5, 0.6) is 0 Å². The minimum Gasteiger partial charge on any atom is -0.275 e. The Balaban J connectivity index is 2.25. The second-order valence-corrected chi connectivity index (χ2v) is 3.67. The third kappa shape index (κ3) is 2.73. The molecule has 0 aromatic carbocycles. The molecule has 1 aliphatic rings. The molecule has 2 amide bonds. The molecule has 0 unspecified atom stereocenters. The van der Waals surface area contributed by atoms with E-state index in [2.05, 4.69) is 6.58 Å². The van der Waals surface area contributed by atoms with Crippen LogP contribution in [0.2, 0.25) is 0 Å². The van der Waals surface area contributed by atoms with Gasteiger partial charge in [0, 0.05) is 30.2 Å². The van der Waals surface area contributed by atoms with E-state index < -0.39 is 0 Å². The largest absolute Gasteiger partial charge is 0.275 e. The summed E-state index contributed by atoms with van der Waals surface area (Å²) in [5.41, 5.74) is 0. The van der Waals surface area contributed by atoms with Crippen LogP contribution >= 0.6 is 11.8 Å². The molecule has 0 atom stereocenters. The number of rotatable bonds is 5. The average Bonchev–Trinajstić information content (AvgIpc) is 2.42. The topological polar surface area (TPSA) is 37.4 Å². The van der Waals surface area contributed by atoms with Crippen molar-refractivity contribution >= 4 is 23.6 Å². The SMILES string of the molecule is C=CCSCCN1C(=O)C=CC1=O. The van der Waals surface area contributed by atoms with Gasteiger partial charge in [-0.05, 0) is 0 Å². The van der Waals surface area contributed by atoms with Gasteiger partial charge in [-0.15, -0.1) is 6.58 Å². The molecule has 0 N–H and O–H groups in total. The minimum absolute atomic E-state index is 0.204. The van der Waals surface area contributed by atoms with E-state index in [4.69, 9.17) is 0 Å². The monoisotopic (exact) mass is 197 g/mol. The van der Waals surface area contributed by atoms with Crippen LogP contribution in [0.3, 0.4) is 0 Å². The lowest BCUT2D eigenvalue weighted by Crippen LogP contribution is -2.32. The molecular formula is C9H11NO2S. The standard InChI is InChI=1S/C9H11NO2S/c1-2-6-13-7-5-10-8(11)3-4-9(10)12/h2-4H,1,5-7H2. The van der Waals surface area contributed by atoms with E-state index in [9.17, 15) is 9.59 Å². The van der Waals surface area contributed by atoms with Crippen molar-refractivity contribution in [2.45, 2.75) is 0 Å². The number of hydrogen-bond donors (Lipinski definition) is 0. The van der Waals surface area contributed by atoms with Gasteiger partial charge in [0.25, 0.3) is 11.8 Å². The summed E-state index contributed by atoms with van der Waals surface area (Å²) in [5.74, 6) is 1.21. The van der Waals surface area contributed by atoms with E-state index in [-0.39, 0.29) is 11.8 Å². The molecule has 0 bridgehead atoms. The summed E-state index contributed by atoms with van der Waals surface area (Å²) in [5, 5.41) is 0. The Labute approximate surface area is 81.5 Å². The average molecular weight is 197 g/mol. The first-order valence-corrected chi connectivity index (χ1v) is 5.13. The van der Waals surface area contributed by atoms with Crippen molar-refractivity contribution in [3.63, 3.8) is 0 Å². The van der Waals surface area contributed by atoms with Crippen LogP contribution in [0.4, 0.5) is 0 Å². The van der Waals surface area contributed by atoms with Crippen molar-refractivity contribution in [2.75, 3.05) is 18.1 Å². The van der Waals surface area contributed by atoms with Crippen molar-refractivity contribution < 1.29 is 9.59 Å². The molecule has 0 fully saturated rings. The van der Waals surface area contributed by atoms with Gasteiger partial charge in [-0.1, -0.05) is 6.08 Å². The van der Waals surface area contributed by atoms with Gasteiger partial charge in [0.15, 0.2) is 0 Å². The maximum absolute atomic E-state index is 11.0. The molecule has 4 heteroatoms. The second-order valence-electron chi connectivity index (χ2n) is 2.53. The van der Waals surface area contributed by atoms with Crippen LogP contribution in [0.1, 0.15) is 0 Å². The van der Waals surface area contributed by atoms with Crippen molar-refractivity contribution in [2.24, 2.45) is 0 Å². The molecule has 0 aromatic heterocycles. The van der Waals surface area contributed by atoms with E-state index in [1.54, 1.807) is 17.8 Å². The molecule has 0 aliphatic carbocycles. The Bertz CT molecular complexity index is 242. The molecule has 0 radical (unpaired) electrons. The van der Waals surface area contributed by atoms with Crippen LogP contribution in [0, 0.1) is 0 Å². The molecule has 70 valence electrons. The Morgan fingerprint density at radius 3 is 2.54 bits per heavy atom. The highest BCUT2D eigenvalue weighted by molar-refractivity contribution is 7.99. The van der Waals surface area contributed by atoms with Crippen molar-refractivity contribution in [1.29, 1.82) is 0 Å². The lowest BCUT2D eigenvalue weighted by atomic mass is 10.5. The molecule has 1 heterocycles. The molecule has 13 heavy (non-hydrogen) atoms. The Kier molecular flexibility index (Phi) is 3.76. The van der Waals surface area contributed by atoms with E-state index in [1.807, 2.05) is 0 Å². The van der Waals surface area contributed by atoms with E-state index in [0.29, 0.717) is 6.54 Å². The fraction of sp³-hybridized carbons (Fsp3) is 0.333.